The normalized spacial score (nSPS) is 26.8. The number of hydrogen-bond acceptors (Lipinski definition) is 5. The van der Waals surface area contributed by atoms with Crippen molar-refractivity contribution in [3.8, 4) is 5.75 Å². The summed E-state index contributed by atoms with van der Waals surface area (Å²) in [5.41, 5.74) is 1.50. The molecule has 1 aromatic carbocycles. The van der Waals surface area contributed by atoms with Gasteiger partial charge in [-0.25, -0.2) is 0 Å². The monoisotopic (exact) mass is 399 g/mol. The number of carbonyl (C=O) groups excluding carboxylic acids is 3. The number of benzene rings is 1. The zero-order valence-electron chi connectivity index (χ0n) is 17.1. The number of likely N-dealkylation sites (N-methyl/N-ethyl adjacent to an activating group) is 1. The first-order chi connectivity index (χ1) is 14.0. The minimum atomic E-state index is -0.584. The molecule has 4 rings (SSSR count). The third kappa shape index (κ3) is 3.75. The maximum atomic E-state index is 12.8. The van der Waals surface area contributed by atoms with E-state index < -0.39 is 6.04 Å². The summed E-state index contributed by atoms with van der Waals surface area (Å²) in [6.45, 7) is 6.77. The standard InChI is InChI=1S/C22H29N3O4/c1-3-24(4-2)17-6-5-7-19(17)29-15-8-9-16-14(12-15)13-25(22(16)28)18-10-11-20(26)23-21(18)27/h8-9,12,17-19H,3-7,10-11,13H2,1-2H3,(H,23,26,27)/t17-,18?,19+/m0/s1. The summed E-state index contributed by atoms with van der Waals surface area (Å²) in [5.74, 6) is -0.0222. The second-order valence-corrected chi connectivity index (χ2v) is 8.09. The molecule has 7 heteroatoms. The maximum absolute atomic E-state index is 12.8. The van der Waals surface area contributed by atoms with Gasteiger partial charge in [-0.05, 0) is 62.5 Å². The van der Waals surface area contributed by atoms with Gasteiger partial charge in [-0.15, -0.1) is 0 Å². The van der Waals surface area contributed by atoms with Crippen molar-refractivity contribution < 1.29 is 19.1 Å². The molecule has 29 heavy (non-hydrogen) atoms. The van der Waals surface area contributed by atoms with Crippen LogP contribution in [-0.2, 0) is 16.1 Å². The number of piperidine rings is 1. The van der Waals surface area contributed by atoms with E-state index in [1.165, 1.54) is 6.42 Å². The first kappa shape index (κ1) is 19.9. The Balaban J connectivity index is 1.48. The van der Waals surface area contributed by atoms with Gasteiger partial charge in [0.15, 0.2) is 0 Å². The van der Waals surface area contributed by atoms with E-state index in [0.717, 1.165) is 37.2 Å². The van der Waals surface area contributed by atoms with Gasteiger partial charge in [0.2, 0.25) is 11.8 Å². The van der Waals surface area contributed by atoms with Crippen LogP contribution >= 0.6 is 0 Å². The Labute approximate surface area is 171 Å². The second kappa shape index (κ2) is 8.14. The van der Waals surface area contributed by atoms with Gasteiger partial charge in [0, 0.05) is 24.6 Å². The molecule has 0 bridgehead atoms. The molecule has 7 nitrogen and oxygen atoms in total. The van der Waals surface area contributed by atoms with Crippen molar-refractivity contribution in [1.29, 1.82) is 0 Å². The lowest BCUT2D eigenvalue weighted by molar-refractivity contribution is -0.136. The minimum Gasteiger partial charge on any atom is -0.489 e. The summed E-state index contributed by atoms with van der Waals surface area (Å²) in [6.07, 6.45) is 4.16. The molecule has 1 saturated carbocycles. The third-order valence-corrected chi connectivity index (χ3v) is 6.48. The number of rotatable bonds is 6. The van der Waals surface area contributed by atoms with Crippen LogP contribution in [0.15, 0.2) is 18.2 Å². The van der Waals surface area contributed by atoms with E-state index in [9.17, 15) is 14.4 Å². The lowest BCUT2D eigenvalue weighted by atomic mass is 10.0. The van der Waals surface area contributed by atoms with Crippen molar-refractivity contribution in [2.75, 3.05) is 13.1 Å². The zero-order valence-corrected chi connectivity index (χ0v) is 17.1. The highest BCUT2D eigenvalue weighted by atomic mass is 16.5. The Morgan fingerprint density at radius 1 is 1.14 bits per heavy atom. The van der Waals surface area contributed by atoms with Crippen molar-refractivity contribution in [2.24, 2.45) is 0 Å². The van der Waals surface area contributed by atoms with E-state index >= 15 is 0 Å². The van der Waals surface area contributed by atoms with Crippen LogP contribution in [0.2, 0.25) is 0 Å². The third-order valence-electron chi connectivity index (χ3n) is 6.48. The van der Waals surface area contributed by atoms with Crippen LogP contribution in [-0.4, -0.2) is 58.8 Å². The van der Waals surface area contributed by atoms with Crippen LogP contribution in [0.4, 0.5) is 0 Å². The van der Waals surface area contributed by atoms with Crippen molar-refractivity contribution in [3.05, 3.63) is 29.3 Å². The molecule has 3 amide bonds. The van der Waals surface area contributed by atoms with Gasteiger partial charge in [0.05, 0.1) is 0 Å². The van der Waals surface area contributed by atoms with E-state index in [1.807, 2.05) is 12.1 Å². The van der Waals surface area contributed by atoms with Crippen LogP contribution in [0.3, 0.4) is 0 Å². The Kier molecular flexibility index (Phi) is 5.58. The van der Waals surface area contributed by atoms with Crippen molar-refractivity contribution in [3.63, 3.8) is 0 Å². The van der Waals surface area contributed by atoms with Crippen molar-refractivity contribution in [2.45, 2.75) is 70.7 Å². The molecule has 1 saturated heterocycles. The molecule has 0 radical (unpaired) electrons. The van der Waals surface area contributed by atoms with Gasteiger partial charge in [-0.1, -0.05) is 13.8 Å². The van der Waals surface area contributed by atoms with Gasteiger partial charge in [0.25, 0.3) is 5.91 Å². The summed E-state index contributed by atoms with van der Waals surface area (Å²) >= 11 is 0. The second-order valence-electron chi connectivity index (χ2n) is 8.09. The van der Waals surface area contributed by atoms with Gasteiger partial charge in [-0.3, -0.25) is 24.6 Å². The average molecular weight is 399 g/mol. The van der Waals surface area contributed by atoms with Crippen molar-refractivity contribution in [1.82, 2.24) is 15.1 Å². The topological polar surface area (TPSA) is 79.0 Å². The first-order valence-corrected chi connectivity index (χ1v) is 10.7. The fourth-order valence-electron chi connectivity index (χ4n) is 4.95. The Hall–Kier alpha value is -2.41. The summed E-state index contributed by atoms with van der Waals surface area (Å²) < 4.78 is 6.35. The van der Waals surface area contributed by atoms with Gasteiger partial charge >= 0.3 is 0 Å². The lowest BCUT2D eigenvalue weighted by Gasteiger charge is -2.31. The zero-order chi connectivity index (χ0) is 20.5. The molecule has 3 aliphatic rings. The number of nitrogens with one attached hydrogen (secondary N) is 1. The van der Waals surface area contributed by atoms with E-state index in [4.69, 9.17) is 4.74 Å². The SMILES string of the molecule is CCN(CC)[C@H]1CCC[C@H]1Oc1ccc2c(c1)CN(C1CCC(=O)NC1=O)C2=O. The summed E-state index contributed by atoms with van der Waals surface area (Å²) in [5, 5.41) is 2.34. The molecule has 2 heterocycles. The smallest absolute Gasteiger partial charge is 0.255 e. The molecular formula is C22H29N3O4. The Morgan fingerprint density at radius 2 is 1.93 bits per heavy atom. The highest BCUT2D eigenvalue weighted by Gasteiger charge is 2.39. The number of nitrogens with zero attached hydrogens (tertiary/aromatic N) is 2. The number of ether oxygens (including phenoxy) is 1. The highest BCUT2D eigenvalue weighted by molar-refractivity contribution is 6.05. The molecule has 0 spiro atoms. The summed E-state index contributed by atoms with van der Waals surface area (Å²) in [4.78, 5) is 40.4. The summed E-state index contributed by atoms with van der Waals surface area (Å²) in [7, 11) is 0. The molecule has 2 fully saturated rings. The van der Waals surface area contributed by atoms with Crippen LogP contribution in [0, 0.1) is 0 Å². The van der Waals surface area contributed by atoms with E-state index in [2.05, 4.69) is 24.1 Å². The maximum Gasteiger partial charge on any atom is 0.255 e. The average Bonchev–Trinajstić information content (AvgIpc) is 3.28. The molecule has 156 valence electrons. The lowest BCUT2D eigenvalue weighted by Crippen LogP contribution is -2.52. The predicted molar refractivity (Wildman–Crippen MR) is 107 cm³/mol. The van der Waals surface area contributed by atoms with Gasteiger partial charge in [-0.2, -0.15) is 0 Å². The van der Waals surface area contributed by atoms with Crippen LogP contribution < -0.4 is 10.1 Å². The first-order valence-electron chi connectivity index (χ1n) is 10.7. The minimum absolute atomic E-state index is 0.150. The number of hydrogen-bond donors (Lipinski definition) is 1. The number of carbonyl (C=O) groups is 3. The Bertz CT molecular complexity index is 820. The quantitative estimate of drug-likeness (QED) is 0.741. The van der Waals surface area contributed by atoms with Crippen LogP contribution in [0.25, 0.3) is 0 Å². The highest BCUT2D eigenvalue weighted by Crippen LogP contribution is 2.33. The molecular weight excluding hydrogens is 370 g/mol. The number of imide groups is 1. The molecule has 2 aliphatic heterocycles. The molecule has 1 unspecified atom stereocenters. The Morgan fingerprint density at radius 3 is 2.66 bits per heavy atom. The molecule has 1 aromatic rings. The van der Waals surface area contributed by atoms with Crippen LogP contribution in [0.1, 0.15) is 61.9 Å². The predicted octanol–water partition coefficient (Wildman–Crippen LogP) is 2.09. The van der Waals surface area contributed by atoms with Crippen LogP contribution in [0.5, 0.6) is 5.75 Å². The van der Waals surface area contributed by atoms with E-state index in [1.54, 1.807) is 11.0 Å². The van der Waals surface area contributed by atoms with E-state index in [0.29, 0.717) is 24.6 Å². The molecule has 1 N–H and O–H groups in total. The molecule has 1 aliphatic carbocycles. The fraction of sp³-hybridized carbons (Fsp3) is 0.591. The fourth-order valence-corrected chi connectivity index (χ4v) is 4.95. The summed E-state index contributed by atoms with van der Waals surface area (Å²) in [6, 6.07) is 5.46. The molecule has 3 atom stereocenters. The number of amides is 3. The number of fused-ring (bicyclic) bond motifs is 1. The van der Waals surface area contributed by atoms with Crippen molar-refractivity contribution >= 4 is 17.7 Å². The van der Waals surface area contributed by atoms with Gasteiger partial charge in [0.1, 0.15) is 17.9 Å². The van der Waals surface area contributed by atoms with Gasteiger partial charge < -0.3 is 9.64 Å². The van der Waals surface area contributed by atoms with E-state index in [-0.39, 0.29) is 30.2 Å². The molecule has 0 aromatic heterocycles. The largest absolute Gasteiger partial charge is 0.489 e.